The quantitative estimate of drug-likeness (QED) is 0.653. The van der Waals surface area contributed by atoms with Crippen LogP contribution in [0.4, 0.5) is 5.69 Å². The number of hydrogen-bond acceptors (Lipinski definition) is 3. The lowest BCUT2D eigenvalue weighted by atomic mass is 10.1. The maximum atomic E-state index is 11.9. The molecule has 0 radical (unpaired) electrons. The number of aryl methyl sites for hydroxylation is 1. The van der Waals surface area contributed by atoms with Gasteiger partial charge in [-0.3, -0.25) is 9.59 Å². The molecule has 0 saturated heterocycles. The molecular formula is C17H17NO3. The average Bonchev–Trinajstić information content (AvgIpc) is 2.49. The van der Waals surface area contributed by atoms with Gasteiger partial charge in [-0.15, -0.1) is 0 Å². The van der Waals surface area contributed by atoms with Gasteiger partial charge in [0.2, 0.25) is 5.91 Å². The first-order valence-corrected chi connectivity index (χ1v) is 6.74. The van der Waals surface area contributed by atoms with Crippen molar-refractivity contribution in [3.8, 4) is 5.75 Å². The van der Waals surface area contributed by atoms with Gasteiger partial charge in [0.15, 0.2) is 5.78 Å². The van der Waals surface area contributed by atoms with Crippen molar-refractivity contribution in [3.05, 3.63) is 59.7 Å². The molecule has 2 aromatic carbocycles. The van der Waals surface area contributed by atoms with Crippen LogP contribution in [0.3, 0.4) is 0 Å². The molecular weight excluding hydrogens is 266 g/mol. The fraction of sp³-hybridized carbons (Fsp3) is 0.176. The zero-order chi connectivity index (χ0) is 15.2. The van der Waals surface area contributed by atoms with E-state index in [-0.39, 0.29) is 30.3 Å². The van der Waals surface area contributed by atoms with Crippen LogP contribution in [-0.2, 0) is 4.79 Å². The Morgan fingerprint density at radius 1 is 1.05 bits per heavy atom. The largest absolute Gasteiger partial charge is 0.506 e. The van der Waals surface area contributed by atoms with Crippen LogP contribution in [0.1, 0.15) is 28.8 Å². The van der Waals surface area contributed by atoms with E-state index in [1.165, 1.54) is 6.07 Å². The SMILES string of the molecule is Cc1ccc(O)c(NC(=O)CCC(=O)c2ccccc2)c1. The molecule has 4 nitrogen and oxygen atoms in total. The van der Waals surface area contributed by atoms with Gasteiger partial charge < -0.3 is 10.4 Å². The highest BCUT2D eigenvalue weighted by molar-refractivity contribution is 6.00. The summed E-state index contributed by atoms with van der Waals surface area (Å²) >= 11 is 0. The Hall–Kier alpha value is -2.62. The van der Waals surface area contributed by atoms with Crippen molar-refractivity contribution in [1.29, 1.82) is 0 Å². The zero-order valence-electron chi connectivity index (χ0n) is 11.8. The predicted octanol–water partition coefficient (Wildman–Crippen LogP) is 3.30. The second-order valence-corrected chi connectivity index (χ2v) is 4.86. The van der Waals surface area contributed by atoms with Crippen LogP contribution in [0.5, 0.6) is 5.75 Å². The third-order valence-corrected chi connectivity index (χ3v) is 3.10. The Morgan fingerprint density at radius 2 is 1.76 bits per heavy atom. The molecule has 4 heteroatoms. The van der Waals surface area contributed by atoms with Crippen LogP contribution in [-0.4, -0.2) is 16.8 Å². The third-order valence-electron chi connectivity index (χ3n) is 3.10. The molecule has 0 heterocycles. The van der Waals surface area contributed by atoms with Crippen molar-refractivity contribution in [2.24, 2.45) is 0 Å². The lowest BCUT2D eigenvalue weighted by Crippen LogP contribution is -2.13. The number of phenols is 1. The molecule has 0 bridgehead atoms. The smallest absolute Gasteiger partial charge is 0.224 e. The van der Waals surface area contributed by atoms with Gasteiger partial charge in [-0.05, 0) is 24.6 Å². The Morgan fingerprint density at radius 3 is 2.48 bits per heavy atom. The lowest BCUT2D eigenvalue weighted by Gasteiger charge is -2.08. The maximum Gasteiger partial charge on any atom is 0.224 e. The van der Waals surface area contributed by atoms with Crippen molar-refractivity contribution < 1.29 is 14.7 Å². The summed E-state index contributed by atoms with van der Waals surface area (Å²) in [5, 5.41) is 12.3. The van der Waals surface area contributed by atoms with Crippen LogP contribution in [0.2, 0.25) is 0 Å². The van der Waals surface area contributed by atoms with E-state index in [0.717, 1.165) is 5.56 Å². The molecule has 2 N–H and O–H groups in total. The van der Waals surface area contributed by atoms with E-state index in [2.05, 4.69) is 5.32 Å². The van der Waals surface area contributed by atoms with Gasteiger partial charge in [-0.25, -0.2) is 0 Å². The minimum atomic E-state index is -0.291. The number of aromatic hydroxyl groups is 1. The summed E-state index contributed by atoms with van der Waals surface area (Å²) in [5.41, 5.74) is 1.90. The van der Waals surface area contributed by atoms with Crippen LogP contribution in [0.15, 0.2) is 48.5 Å². The Balaban J connectivity index is 1.91. The van der Waals surface area contributed by atoms with E-state index in [9.17, 15) is 14.7 Å². The van der Waals surface area contributed by atoms with E-state index >= 15 is 0 Å². The molecule has 108 valence electrons. The number of amides is 1. The molecule has 1 amide bonds. The van der Waals surface area contributed by atoms with E-state index in [0.29, 0.717) is 11.3 Å². The minimum absolute atomic E-state index is 0.0170. The van der Waals surface area contributed by atoms with Gasteiger partial charge in [-0.1, -0.05) is 36.4 Å². The fourth-order valence-corrected chi connectivity index (χ4v) is 1.96. The van der Waals surface area contributed by atoms with Crippen LogP contribution >= 0.6 is 0 Å². The number of carbonyl (C=O) groups excluding carboxylic acids is 2. The standard InChI is InChI=1S/C17H17NO3/c1-12-7-8-16(20)14(11-12)18-17(21)10-9-15(19)13-5-3-2-4-6-13/h2-8,11,20H,9-10H2,1H3,(H,18,21). The van der Waals surface area contributed by atoms with Crippen molar-refractivity contribution in [3.63, 3.8) is 0 Å². The van der Waals surface area contributed by atoms with Crippen LogP contribution < -0.4 is 5.32 Å². The number of carbonyl (C=O) groups is 2. The van der Waals surface area contributed by atoms with Crippen molar-refractivity contribution in [2.45, 2.75) is 19.8 Å². The van der Waals surface area contributed by atoms with Gasteiger partial charge in [0.1, 0.15) is 5.75 Å². The number of nitrogens with one attached hydrogen (secondary N) is 1. The van der Waals surface area contributed by atoms with Crippen molar-refractivity contribution in [2.75, 3.05) is 5.32 Å². The minimum Gasteiger partial charge on any atom is -0.506 e. The summed E-state index contributed by atoms with van der Waals surface area (Å²) in [6.45, 7) is 1.87. The second kappa shape index (κ2) is 6.70. The molecule has 0 aliphatic carbocycles. The molecule has 0 aliphatic rings. The molecule has 0 aliphatic heterocycles. The molecule has 0 spiro atoms. The van der Waals surface area contributed by atoms with Gasteiger partial charge >= 0.3 is 0 Å². The normalized spacial score (nSPS) is 10.1. The molecule has 0 aromatic heterocycles. The summed E-state index contributed by atoms with van der Waals surface area (Å²) in [6, 6.07) is 13.8. The molecule has 0 unspecified atom stereocenters. The van der Waals surface area contributed by atoms with Crippen LogP contribution in [0.25, 0.3) is 0 Å². The number of anilines is 1. The van der Waals surface area contributed by atoms with Crippen LogP contribution in [0, 0.1) is 6.92 Å². The molecule has 0 atom stereocenters. The summed E-state index contributed by atoms with van der Waals surface area (Å²) < 4.78 is 0. The van der Waals surface area contributed by atoms with Crippen molar-refractivity contribution >= 4 is 17.4 Å². The van der Waals surface area contributed by atoms with Gasteiger partial charge in [0, 0.05) is 18.4 Å². The van der Waals surface area contributed by atoms with E-state index in [1.54, 1.807) is 36.4 Å². The molecule has 0 fully saturated rings. The highest BCUT2D eigenvalue weighted by Crippen LogP contribution is 2.24. The highest BCUT2D eigenvalue weighted by atomic mass is 16.3. The van der Waals surface area contributed by atoms with E-state index in [4.69, 9.17) is 0 Å². The van der Waals surface area contributed by atoms with Gasteiger partial charge in [-0.2, -0.15) is 0 Å². The zero-order valence-corrected chi connectivity index (χ0v) is 11.8. The third kappa shape index (κ3) is 4.18. The summed E-state index contributed by atoms with van der Waals surface area (Å²) in [4.78, 5) is 23.7. The Bertz CT molecular complexity index is 650. The maximum absolute atomic E-state index is 11.9. The Kier molecular flexibility index (Phi) is 4.72. The van der Waals surface area contributed by atoms with E-state index < -0.39 is 0 Å². The first-order chi connectivity index (χ1) is 10.1. The van der Waals surface area contributed by atoms with Crippen molar-refractivity contribution in [1.82, 2.24) is 0 Å². The Labute approximate surface area is 123 Å². The predicted molar refractivity (Wildman–Crippen MR) is 81.5 cm³/mol. The summed E-state index contributed by atoms with van der Waals surface area (Å²) in [5.74, 6) is -0.345. The number of ketones is 1. The average molecular weight is 283 g/mol. The number of Topliss-reactive ketones (excluding diaryl/α,β-unsaturated/α-hetero) is 1. The second-order valence-electron chi connectivity index (χ2n) is 4.86. The summed E-state index contributed by atoms with van der Waals surface area (Å²) in [7, 11) is 0. The number of hydrogen-bond donors (Lipinski definition) is 2. The monoisotopic (exact) mass is 283 g/mol. The summed E-state index contributed by atoms with van der Waals surface area (Å²) in [6.07, 6.45) is 0.226. The van der Waals surface area contributed by atoms with E-state index in [1.807, 2.05) is 13.0 Å². The van der Waals surface area contributed by atoms with Gasteiger partial charge in [0.25, 0.3) is 0 Å². The number of benzene rings is 2. The number of rotatable bonds is 5. The topological polar surface area (TPSA) is 66.4 Å². The lowest BCUT2D eigenvalue weighted by molar-refractivity contribution is -0.116. The molecule has 0 saturated carbocycles. The highest BCUT2D eigenvalue weighted by Gasteiger charge is 2.10. The molecule has 21 heavy (non-hydrogen) atoms. The molecule has 2 rings (SSSR count). The first kappa shape index (κ1) is 14.8. The fourth-order valence-electron chi connectivity index (χ4n) is 1.96. The number of phenolic OH excluding ortho intramolecular Hbond substituents is 1. The molecule has 2 aromatic rings. The van der Waals surface area contributed by atoms with Gasteiger partial charge in [0.05, 0.1) is 5.69 Å². The first-order valence-electron chi connectivity index (χ1n) is 6.74.